The summed E-state index contributed by atoms with van der Waals surface area (Å²) < 4.78 is 23.2. The third-order valence-electron chi connectivity index (χ3n) is 8.87. The highest BCUT2D eigenvalue weighted by Crippen LogP contribution is 2.67. The fourth-order valence-electron chi connectivity index (χ4n) is 6.30. The van der Waals surface area contributed by atoms with Crippen LogP contribution in [0.2, 0.25) is 0 Å². The highest BCUT2D eigenvalue weighted by molar-refractivity contribution is 5.72. The molecule has 1 N–H and O–H groups in total. The molecular weight excluding hydrogens is 476 g/mol. The van der Waals surface area contributed by atoms with E-state index in [4.69, 9.17) is 18.9 Å². The van der Waals surface area contributed by atoms with Gasteiger partial charge in [-0.3, -0.25) is 19.1 Å². The average Bonchev–Trinajstić information content (AvgIpc) is 3.12. The van der Waals surface area contributed by atoms with E-state index in [2.05, 4.69) is 26.5 Å². The molecule has 1 heterocycles. The van der Waals surface area contributed by atoms with Gasteiger partial charge in [0.05, 0.1) is 17.4 Å². The Hall–Kier alpha value is -2.45. The molecule has 0 aromatic rings. The first-order valence-corrected chi connectivity index (χ1v) is 13.2. The minimum absolute atomic E-state index is 0.0722. The zero-order valence-electron chi connectivity index (χ0n) is 23.1. The van der Waals surface area contributed by atoms with Crippen LogP contribution in [0.4, 0.5) is 0 Å². The van der Waals surface area contributed by atoms with Crippen molar-refractivity contribution in [2.24, 2.45) is 28.6 Å². The number of esters is 3. The Morgan fingerprint density at radius 3 is 2.41 bits per heavy atom. The lowest BCUT2D eigenvalue weighted by Crippen LogP contribution is -2.63. The molecule has 0 amide bonds. The number of ether oxygens (including phenoxy) is 4. The van der Waals surface area contributed by atoms with Gasteiger partial charge < -0.3 is 19.3 Å². The predicted octanol–water partition coefficient (Wildman–Crippen LogP) is 4.62. The van der Waals surface area contributed by atoms with Crippen molar-refractivity contribution in [2.75, 3.05) is 0 Å². The summed E-state index contributed by atoms with van der Waals surface area (Å²) in [7, 11) is 0. The molecule has 1 spiro atoms. The Morgan fingerprint density at radius 2 is 1.84 bits per heavy atom. The summed E-state index contributed by atoms with van der Waals surface area (Å²) in [6, 6.07) is 0. The van der Waals surface area contributed by atoms with Gasteiger partial charge in [-0.1, -0.05) is 52.0 Å². The maximum absolute atomic E-state index is 12.8. The van der Waals surface area contributed by atoms with Crippen molar-refractivity contribution in [3.05, 3.63) is 36.0 Å². The number of carbonyl (C=O) groups excluding carboxylic acids is 3. The SMILES string of the molecule is C=C/C(C)=C\C[C@]1(C)[C@H](C)C[C@H](O)[C@@]23C(=C[C@@H](OC(=O)[C@@H](C)CC)C[C@@H]12)[C@@H](OC(C)=O)O[C@H]3OC(C)=O. The van der Waals surface area contributed by atoms with E-state index in [9.17, 15) is 19.5 Å². The van der Waals surface area contributed by atoms with Crippen molar-refractivity contribution in [3.63, 3.8) is 0 Å². The maximum Gasteiger partial charge on any atom is 0.309 e. The Morgan fingerprint density at radius 1 is 1.19 bits per heavy atom. The molecule has 0 bridgehead atoms. The standard InChI is InChI=1S/C29H42O8/c1-9-16(3)11-12-28(8)18(5)13-24(32)29-22(26(34-19(6)30)37-27(29)35-20(7)31)14-21(15-23(28)29)36-25(33)17(4)10-2/h9,11,14,17-18,21,23-24,26-27,32H,1,10,12-13,15H2,2-8H3/b16-11-/t17-,18+,21+,23-,24-,26-,27+,28+,29+/m0/s1. The van der Waals surface area contributed by atoms with Crippen LogP contribution in [0.15, 0.2) is 36.0 Å². The lowest BCUT2D eigenvalue weighted by Gasteiger charge is -2.60. The smallest absolute Gasteiger partial charge is 0.309 e. The first-order chi connectivity index (χ1) is 17.3. The molecule has 37 heavy (non-hydrogen) atoms. The van der Waals surface area contributed by atoms with E-state index in [1.807, 2.05) is 20.8 Å². The Bertz CT molecular complexity index is 982. The number of carbonyl (C=O) groups is 3. The molecular formula is C29H42O8. The number of aliphatic hydroxyl groups is 1. The van der Waals surface area contributed by atoms with E-state index >= 15 is 0 Å². The number of allylic oxidation sites excluding steroid dienone is 3. The Balaban J connectivity index is 2.21. The fourth-order valence-corrected chi connectivity index (χ4v) is 6.30. The van der Waals surface area contributed by atoms with Gasteiger partial charge in [0.15, 0.2) is 0 Å². The normalized spacial score (nSPS) is 37.9. The summed E-state index contributed by atoms with van der Waals surface area (Å²) in [5.74, 6) is -1.99. The van der Waals surface area contributed by atoms with Crippen molar-refractivity contribution < 1.29 is 38.4 Å². The van der Waals surface area contributed by atoms with Crippen molar-refractivity contribution in [2.45, 2.75) is 98.9 Å². The van der Waals surface area contributed by atoms with E-state index in [1.54, 1.807) is 12.2 Å². The molecule has 0 unspecified atom stereocenters. The van der Waals surface area contributed by atoms with Gasteiger partial charge in [-0.05, 0) is 55.9 Å². The molecule has 9 atom stereocenters. The van der Waals surface area contributed by atoms with E-state index in [-0.39, 0.29) is 23.7 Å². The summed E-state index contributed by atoms with van der Waals surface area (Å²) >= 11 is 0. The molecule has 2 fully saturated rings. The van der Waals surface area contributed by atoms with Crippen molar-refractivity contribution in [1.29, 1.82) is 0 Å². The third-order valence-corrected chi connectivity index (χ3v) is 8.87. The van der Waals surface area contributed by atoms with Gasteiger partial charge >= 0.3 is 17.9 Å². The van der Waals surface area contributed by atoms with Crippen molar-refractivity contribution >= 4 is 17.9 Å². The second kappa shape index (κ2) is 11.1. The molecule has 1 saturated heterocycles. The van der Waals surface area contributed by atoms with Crippen LogP contribution in [0.25, 0.3) is 0 Å². The molecule has 8 heteroatoms. The Labute approximate surface area is 220 Å². The van der Waals surface area contributed by atoms with Gasteiger partial charge in [0.2, 0.25) is 12.6 Å². The molecule has 1 saturated carbocycles. The predicted molar refractivity (Wildman–Crippen MR) is 137 cm³/mol. The minimum Gasteiger partial charge on any atom is -0.458 e. The second-order valence-electron chi connectivity index (χ2n) is 11.2. The highest BCUT2D eigenvalue weighted by Gasteiger charge is 2.71. The molecule has 2 aliphatic carbocycles. The molecule has 0 aromatic carbocycles. The minimum atomic E-state index is -1.17. The molecule has 0 radical (unpaired) electrons. The van der Waals surface area contributed by atoms with Crippen LogP contribution in [0, 0.1) is 28.6 Å². The van der Waals surface area contributed by atoms with Gasteiger partial charge in [-0.15, -0.1) is 0 Å². The quantitative estimate of drug-likeness (QED) is 0.215. The average molecular weight is 519 g/mol. The van der Waals surface area contributed by atoms with Crippen LogP contribution in [-0.2, 0) is 33.3 Å². The van der Waals surface area contributed by atoms with Gasteiger partial charge in [0.25, 0.3) is 0 Å². The topological polar surface area (TPSA) is 108 Å². The number of hydrogen-bond acceptors (Lipinski definition) is 8. The van der Waals surface area contributed by atoms with Gasteiger partial charge in [0, 0.05) is 19.4 Å². The van der Waals surface area contributed by atoms with E-state index < -0.39 is 47.6 Å². The molecule has 0 aromatic heterocycles. The highest BCUT2D eigenvalue weighted by atomic mass is 16.8. The largest absolute Gasteiger partial charge is 0.458 e. The fraction of sp³-hybridized carbons (Fsp3) is 0.690. The first-order valence-electron chi connectivity index (χ1n) is 13.2. The van der Waals surface area contributed by atoms with E-state index in [0.29, 0.717) is 31.3 Å². The van der Waals surface area contributed by atoms with Crippen LogP contribution < -0.4 is 0 Å². The summed E-state index contributed by atoms with van der Waals surface area (Å²) in [4.78, 5) is 37.0. The molecule has 3 aliphatic rings. The van der Waals surface area contributed by atoms with Crippen molar-refractivity contribution in [1.82, 2.24) is 0 Å². The third kappa shape index (κ3) is 5.28. The second-order valence-corrected chi connectivity index (χ2v) is 11.2. The monoisotopic (exact) mass is 518 g/mol. The Kier molecular flexibility index (Phi) is 8.75. The summed E-state index contributed by atoms with van der Waals surface area (Å²) in [5.41, 5.74) is -0.0572. The van der Waals surface area contributed by atoms with Crippen molar-refractivity contribution in [3.8, 4) is 0 Å². The number of rotatable bonds is 8. The van der Waals surface area contributed by atoms with E-state index in [1.165, 1.54) is 13.8 Å². The molecule has 1 aliphatic heterocycles. The molecule has 8 nitrogen and oxygen atoms in total. The van der Waals surface area contributed by atoms with Crippen LogP contribution in [0.3, 0.4) is 0 Å². The number of aliphatic hydroxyl groups excluding tert-OH is 1. The van der Waals surface area contributed by atoms with Gasteiger partial charge in [0.1, 0.15) is 6.10 Å². The lowest BCUT2D eigenvalue weighted by atomic mass is 9.45. The zero-order chi connectivity index (χ0) is 27.7. The van der Waals surface area contributed by atoms with Crippen LogP contribution in [0.5, 0.6) is 0 Å². The van der Waals surface area contributed by atoms with Gasteiger partial charge in [-0.2, -0.15) is 0 Å². The summed E-state index contributed by atoms with van der Waals surface area (Å²) in [5, 5.41) is 11.7. The van der Waals surface area contributed by atoms with Crippen LogP contribution >= 0.6 is 0 Å². The number of hydrogen-bond donors (Lipinski definition) is 1. The molecule has 3 rings (SSSR count). The molecule has 206 valence electrons. The summed E-state index contributed by atoms with van der Waals surface area (Å²) in [6.07, 6.45) is 3.89. The summed E-state index contributed by atoms with van der Waals surface area (Å²) in [6.45, 7) is 16.4. The first kappa shape index (κ1) is 29.1. The van der Waals surface area contributed by atoms with Crippen LogP contribution in [0.1, 0.15) is 74.1 Å². The zero-order valence-corrected chi connectivity index (χ0v) is 23.1. The van der Waals surface area contributed by atoms with Crippen LogP contribution in [-0.4, -0.2) is 47.8 Å². The van der Waals surface area contributed by atoms with E-state index in [0.717, 1.165) is 5.57 Å². The van der Waals surface area contributed by atoms with Gasteiger partial charge in [-0.25, -0.2) is 0 Å². The maximum atomic E-state index is 12.8. The lowest BCUT2D eigenvalue weighted by molar-refractivity contribution is -0.254.